The molecule has 4 heteroatoms. The first-order valence-corrected chi connectivity index (χ1v) is 6.57. The summed E-state index contributed by atoms with van der Waals surface area (Å²) in [6.45, 7) is 3.81. The summed E-state index contributed by atoms with van der Waals surface area (Å²) in [5.41, 5.74) is 3.40. The van der Waals surface area contributed by atoms with Crippen molar-refractivity contribution >= 4 is 5.69 Å². The zero-order valence-electron chi connectivity index (χ0n) is 11.2. The Morgan fingerprint density at radius 2 is 1.95 bits per heavy atom. The second-order valence-electron chi connectivity index (χ2n) is 4.98. The van der Waals surface area contributed by atoms with Crippen molar-refractivity contribution < 1.29 is 13.2 Å². The molecule has 0 amide bonds. The first kappa shape index (κ1) is 14.0. The number of benzene rings is 1. The van der Waals surface area contributed by atoms with Gasteiger partial charge in [-0.25, -0.2) is 0 Å². The van der Waals surface area contributed by atoms with Gasteiger partial charge in [0.15, 0.2) is 0 Å². The Bertz CT molecular complexity index is 495. The van der Waals surface area contributed by atoms with Gasteiger partial charge in [0.2, 0.25) is 0 Å². The second kappa shape index (κ2) is 5.27. The van der Waals surface area contributed by atoms with Crippen LogP contribution in [0.1, 0.15) is 43.7 Å². The third-order valence-corrected chi connectivity index (χ3v) is 3.27. The average Bonchev–Trinajstić information content (AvgIpc) is 3.13. The first-order valence-electron chi connectivity index (χ1n) is 6.57. The first-order chi connectivity index (χ1) is 8.91. The summed E-state index contributed by atoms with van der Waals surface area (Å²) >= 11 is 0. The summed E-state index contributed by atoms with van der Waals surface area (Å²) in [4.78, 5) is 0. The number of halogens is 3. The Hall–Kier alpha value is -1.45. The normalized spacial score (nSPS) is 14.5. The maximum atomic E-state index is 12.6. The van der Waals surface area contributed by atoms with E-state index in [4.69, 9.17) is 0 Å². The lowest BCUT2D eigenvalue weighted by Crippen LogP contribution is -2.07. The van der Waals surface area contributed by atoms with Gasteiger partial charge >= 0.3 is 6.18 Å². The third-order valence-electron chi connectivity index (χ3n) is 3.27. The molecule has 0 saturated heterocycles. The molecule has 1 aromatic carbocycles. The van der Waals surface area contributed by atoms with Gasteiger partial charge in [-0.15, -0.1) is 0 Å². The van der Waals surface area contributed by atoms with Crippen LogP contribution in [0.15, 0.2) is 29.5 Å². The molecular weight excluding hydrogens is 251 g/mol. The molecule has 1 aliphatic carbocycles. The van der Waals surface area contributed by atoms with Gasteiger partial charge in [0, 0.05) is 11.4 Å². The number of anilines is 1. The molecule has 0 radical (unpaired) electrons. The van der Waals surface area contributed by atoms with E-state index in [1.165, 1.54) is 23.4 Å². The highest BCUT2D eigenvalue weighted by atomic mass is 19.4. The Morgan fingerprint density at radius 3 is 2.42 bits per heavy atom. The summed E-state index contributed by atoms with van der Waals surface area (Å²) in [6, 6.07) is 3.86. The number of allylic oxidation sites excluding steroid dienone is 2. The highest BCUT2D eigenvalue weighted by molar-refractivity contribution is 5.57. The van der Waals surface area contributed by atoms with E-state index in [1.807, 2.05) is 0 Å². The molecule has 2 rings (SSSR count). The lowest BCUT2D eigenvalue weighted by Gasteiger charge is -2.15. The van der Waals surface area contributed by atoms with Crippen LogP contribution >= 0.6 is 0 Å². The lowest BCUT2D eigenvalue weighted by molar-refractivity contribution is -0.137. The van der Waals surface area contributed by atoms with Crippen molar-refractivity contribution in [1.82, 2.24) is 0 Å². The van der Waals surface area contributed by atoms with Gasteiger partial charge in [-0.2, -0.15) is 13.2 Å². The Kier molecular flexibility index (Phi) is 3.88. The van der Waals surface area contributed by atoms with Crippen LogP contribution in [0.25, 0.3) is 0 Å². The van der Waals surface area contributed by atoms with Crippen molar-refractivity contribution in [3.63, 3.8) is 0 Å². The minimum Gasteiger partial charge on any atom is -0.359 e. The van der Waals surface area contributed by atoms with Gasteiger partial charge in [-0.05, 0) is 49.9 Å². The van der Waals surface area contributed by atoms with Crippen LogP contribution < -0.4 is 5.32 Å². The SMILES string of the molecule is CCCC(Nc1ccc(C(F)(F)F)cc1C)=C1CC1. The van der Waals surface area contributed by atoms with Crippen molar-refractivity contribution in [3.8, 4) is 0 Å². The van der Waals surface area contributed by atoms with Gasteiger partial charge in [0.05, 0.1) is 5.56 Å². The van der Waals surface area contributed by atoms with E-state index < -0.39 is 11.7 Å². The second-order valence-corrected chi connectivity index (χ2v) is 4.98. The fraction of sp³-hybridized carbons (Fsp3) is 0.467. The Morgan fingerprint density at radius 1 is 1.26 bits per heavy atom. The molecule has 1 N–H and O–H groups in total. The van der Waals surface area contributed by atoms with Gasteiger partial charge < -0.3 is 5.32 Å². The number of aryl methyl sites for hydroxylation is 1. The molecule has 0 aliphatic heterocycles. The molecule has 0 atom stereocenters. The topological polar surface area (TPSA) is 12.0 Å². The highest BCUT2D eigenvalue weighted by Gasteiger charge is 2.30. The number of alkyl halides is 3. The van der Waals surface area contributed by atoms with Crippen LogP contribution in [0.3, 0.4) is 0 Å². The maximum absolute atomic E-state index is 12.6. The average molecular weight is 269 g/mol. The zero-order valence-corrected chi connectivity index (χ0v) is 11.2. The summed E-state index contributed by atoms with van der Waals surface area (Å²) in [6.07, 6.45) is -0.0597. The molecule has 0 bridgehead atoms. The molecular formula is C15H18F3N. The summed E-state index contributed by atoms with van der Waals surface area (Å²) in [7, 11) is 0. The van der Waals surface area contributed by atoms with E-state index >= 15 is 0 Å². The predicted molar refractivity (Wildman–Crippen MR) is 71.0 cm³/mol. The Balaban J connectivity index is 2.20. The minimum atomic E-state index is -4.27. The molecule has 0 heterocycles. The van der Waals surface area contributed by atoms with Crippen molar-refractivity contribution in [2.24, 2.45) is 0 Å². The Labute approximate surface area is 111 Å². The van der Waals surface area contributed by atoms with E-state index in [2.05, 4.69) is 12.2 Å². The lowest BCUT2D eigenvalue weighted by atomic mass is 10.1. The third kappa shape index (κ3) is 3.52. The standard InChI is InChI=1S/C15H18F3N/c1-3-4-14(11-5-6-11)19-13-8-7-12(9-10(13)2)15(16,17)18/h7-9,19H,3-6H2,1-2H3. The van der Waals surface area contributed by atoms with E-state index in [1.54, 1.807) is 6.92 Å². The molecule has 1 nitrogen and oxygen atoms in total. The van der Waals surface area contributed by atoms with E-state index in [0.717, 1.165) is 37.4 Å². The van der Waals surface area contributed by atoms with Crippen LogP contribution in [0.4, 0.5) is 18.9 Å². The fourth-order valence-electron chi connectivity index (χ4n) is 2.08. The quantitative estimate of drug-likeness (QED) is 0.784. The molecule has 1 fully saturated rings. The van der Waals surface area contributed by atoms with Crippen LogP contribution in [0.2, 0.25) is 0 Å². The number of hydrogen-bond acceptors (Lipinski definition) is 1. The molecule has 1 aromatic rings. The molecule has 0 spiro atoms. The van der Waals surface area contributed by atoms with Crippen molar-refractivity contribution in [2.75, 3.05) is 5.32 Å². The van der Waals surface area contributed by atoms with E-state index in [9.17, 15) is 13.2 Å². The van der Waals surface area contributed by atoms with E-state index in [0.29, 0.717) is 5.56 Å². The predicted octanol–water partition coefficient (Wildman–Crippen LogP) is 5.27. The van der Waals surface area contributed by atoms with Crippen LogP contribution in [0.5, 0.6) is 0 Å². The van der Waals surface area contributed by atoms with Gasteiger partial charge in [-0.3, -0.25) is 0 Å². The molecule has 19 heavy (non-hydrogen) atoms. The molecule has 0 unspecified atom stereocenters. The smallest absolute Gasteiger partial charge is 0.359 e. The van der Waals surface area contributed by atoms with Gasteiger partial charge in [0.25, 0.3) is 0 Å². The van der Waals surface area contributed by atoms with Gasteiger partial charge in [-0.1, -0.05) is 18.9 Å². The molecule has 1 saturated carbocycles. The summed E-state index contributed by atoms with van der Waals surface area (Å²) in [5, 5.41) is 3.30. The molecule has 0 aromatic heterocycles. The van der Waals surface area contributed by atoms with Crippen molar-refractivity contribution in [3.05, 3.63) is 40.6 Å². The van der Waals surface area contributed by atoms with Crippen LogP contribution in [-0.2, 0) is 6.18 Å². The van der Waals surface area contributed by atoms with Crippen molar-refractivity contribution in [1.29, 1.82) is 0 Å². The number of rotatable bonds is 4. The summed E-state index contributed by atoms with van der Waals surface area (Å²) < 4.78 is 37.8. The minimum absolute atomic E-state index is 0.591. The largest absolute Gasteiger partial charge is 0.416 e. The highest BCUT2D eigenvalue weighted by Crippen LogP contribution is 2.36. The molecule has 1 aliphatic rings. The number of nitrogens with one attached hydrogen (secondary N) is 1. The fourth-order valence-corrected chi connectivity index (χ4v) is 2.08. The monoisotopic (exact) mass is 269 g/mol. The van der Waals surface area contributed by atoms with E-state index in [-0.39, 0.29) is 0 Å². The zero-order chi connectivity index (χ0) is 14.0. The van der Waals surface area contributed by atoms with Gasteiger partial charge in [0.1, 0.15) is 0 Å². The van der Waals surface area contributed by atoms with Crippen LogP contribution in [-0.4, -0.2) is 0 Å². The maximum Gasteiger partial charge on any atom is 0.416 e. The van der Waals surface area contributed by atoms with Crippen LogP contribution in [0, 0.1) is 6.92 Å². The number of hydrogen-bond donors (Lipinski definition) is 1. The summed E-state index contributed by atoms with van der Waals surface area (Å²) in [5.74, 6) is 0. The van der Waals surface area contributed by atoms with Crippen molar-refractivity contribution in [2.45, 2.75) is 45.7 Å². The molecule has 104 valence electrons.